The Hall–Kier alpha value is -2.57. The third-order valence-corrected chi connectivity index (χ3v) is 3.73. The second-order valence-electron chi connectivity index (χ2n) is 5.04. The predicted octanol–water partition coefficient (Wildman–Crippen LogP) is 1.11. The van der Waals surface area contributed by atoms with Crippen molar-refractivity contribution >= 4 is 23.6 Å². The van der Waals surface area contributed by atoms with E-state index in [0.29, 0.717) is 24.2 Å². The summed E-state index contributed by atoms with van der Waals surface area (Å²) in [6.07, 6.45) is 0.462. The van der Waals surface area contributed by atoms with Crippen molar-refractivity contribution in [1.29, 1.82) is 0 Å². The first-order valence-corrected chi connectivity index (χ1v) is 6.60. The molecule has 1 fully saturated rings. The number of nitrogens with two attached hydrogens (primary N) is 1. The van der Waals surface area contributed by atoms with Gasteiger partial charge in [-0.05, 0) is 37.6 Å². The number of rotatable bonds is 3. The Kier molecular flexibility index (Phi) is 4.11. The minimum absolute atomic E-state index is 0.211. The van der Waals surface area contributed by atoms with E-state index >= 15 is 0 Å². The van der Waals surface area contributed by atoms with Crippen molar-refractivity contribution in [3.05, 3.63) is 29.8 Å². The molecule has 7 nitrogen and oxygen atoms in total. The van der Waals surface area contributed by atoms with Crippen molar-refractivity contribution in [3.8, 4) is 0 Å². The lowest BCUT2D eigenvalue weighted by atomic mass is 10.0. The number of amides is 3. The second-order valence-corrected chi connectivity index (χ2v) is 5.04. The van der Waals surface area contributed by atoms with Gasteiger partial charge in [-0.25, -0.2) is 4.79 Å². The molecule has 1 heterocycles. The molecule has 1 aromatic rings. The number of benzene rings is 1. The Morgan fingerprint density at radius 2 is 1.90 bits per heavy atom. The van der Waals surface area contributed by atoms with E-state index in [9.17, 15) is 14.4 Å². The number of hydrogen-bond acceptors (Lipinski definition) is 3. The number of aliphatic carboxylic acids is 1. The molecule has 0 aromatic heterocycles. The molecule has 0 aliphatic carbocycles. The molecular formula is C14H17N3O4. The summed E-state index contributed by atoms with van der Waals surface area (Å²) in [5, 5.41) is 11.5. The summed E-state index contributed by atoms with van der Waals surface area (Å²) >= 11 is 0. The van der Waals surface area contributed by atoms with Crippen LogP contribution in [0.1, 0.15) is 23.7 Å². The second kappa shape index (κ2) is 5.82. The van der Waals surface area contributed by atoms with Crippen LogP contribution in [0, 0.1) is 5.92 Å². The van der Waals surface area contributed by atoms with Crippen LogP contribution in [-0.4, -0.2) is 40.5 Å². The summed E-state index contributed by atoms with van der Waals surface area (Å²) < 4.78 is 0. The lowest BCUT2D eigenvalue weighted by Gasteiger charge is -2.23. The summed E-state index contributed by atoms with van der Waals surface area (Å²) in [6.45, 7) is 2.17. The van der Waals surface area contributed by atoms with E-state index < -0.39 is 17.9 Å². The highest BCUT2D eigenvalue weighted by Crippen LogP contribution is 2.26. The number of urea groups is 1. The number of anilines is 1. The Bertz CT molecular complexity index is 570. The molecule has 4 N–H and O–H groups in total. The van der Waals surface area contributed by atoms with Crippen LogP contribution in [-0.2, 0) is 4.79 Å². The van der Waals surface area contributed by atoms with E-state index in [2.05, 4.69) is 5.32 Å². The van der Waals surface area contributed by atoms with Crippen LogP contribution < -0.4 is 11.1 Å². The number of carbonyl (C=O) groups is 3. The molecule has 1 aromatic carbocycles. The standard InChI is InChI=1S/C14H17N3O4/c1-8-11(13(19)20)6-7-17(8)12(18)9-2-4-10(5-3-9)16-14(15)21/h2-5,8,11H,6-7H2,1H3,(H,19,20)(H3,15,16,21). The average molecular weight is 291 g/mol. The molecule has 2 unspecified atom stereocenters. The minimum atomic E-state index is -0.876. The van der Waals surface area contributed by atoms with Crippen LogP contribution in [0.15, 0.2) is 24.3 Å². The molecule has 0 saturated carbocycles. The number of carboxylic acid groups (broad SMARTS) is 1. The van der Waals surface area contributed by atoms with Crippen LogP contribution in [0.2, 0.25) is 0 Å². The quantitative estimate of drug-likeness (QED) is 0.774. The largest absolute Gasteiger partial charge is 0.481 e. The summed E-state index contributed by atoms with van der Waals surface area (Å²) in [5.74, 6) is -1.61. The molecule has 1 saturated heterocycles. The van der Waals surface area contributed by atoms with Gasteiger partial charge in [-0.1, -0.05) is 0 Å². The zero-order valence-electron chi connectivity index (χ0n) is 11.6. The third-order valence-electron chi connectivity index (χ3n) is 3.73. The molecular weight excluding hydrogens is 274 g/mol. The maximum absolute atomic E-state index is 12.4. The number of carboxylic acids is 1. The fourth-order valence-corrected chi connectivity index (χ4v) is 2.56. The van der Waals surface area contributed by atoms with Crippen LogP contribution in [0.25, 0.3) is 0 Å². The highest BCUT2D eigenvalue weighted by Gasteiger charge is 2.38. The summed E-state index contributed by atoms with van der Waals surface area (Å²) in [7, 11) is 0. The van der Waals surface area contributed by atoms with Gasteiger partial charge in [0, 0.05) is 23.8 Å². The third kappa shape index (κ3) is 3.13. The molecule has 0 spiro atoms. The molecule has 21 heavy (non-hydrogen) atoms. The van der Waals surface area contributed by atoms with Gasteiger partial charge in [0.05, 0.1) is 5.92 Å². The fraction of sp³-hybridized carbons (Fsp3) is 0.357. The van der Waals surface area contributed by atoms with E-state index in [4.69, 9.17) is 10.8 Å². The number of hydrogen-bond donors (Lipinski definition) is 3. The van der Waals surface area contributed by atoms with E-state index in [1.807, 2.05) is 0 Å². The van der Waals surface area contributed by atoms with E-state index in [-0.39, 0.29) is 11.9 Å². The topological polar surface area (TPSA) is 113 Å². The highest BCUT2D eigenvalue weighted by molar-refractivity contribution is 5.96. The van der Waals surface area contributed by atoms with Gasteiger partial charge in [0.2, 0.25) is 0 Å². The fourth-order valence-electron chi connectivity index (χ4n) is 2.56. The number of primary amides is 1. The van der Waals surface area contributed by atoms with Crippen LogP contribution >= 0.6 is 0 Å². The summed E-state index contributed by atoms with van der Waals surface area (Å²) in [6, 6.07) is 5.30. The molecule has 112 valence electrons. The Morgan fingerprint density at radius 1 is 1.29 bits per heavy atom. The smallest absolute Gasteiger partial charge is 0.316 e. The predicted molar refractivity (Wildman–Crippen MR) is 75.9 cm³/mol. The van der Waals surface area contributed by atoms with Crippen molar-refractivity contribution in [2.45, 2.75) is 19.4 Å². The van der Waals surface area contributed by atoms with Gasteiger partial charge in [-0.15, -0.1) is 0 Å². The zero-order valence-corrected chi connectivity index (χ0v) is 11.6. The SMILES string of the molecule is CC1C(C(=O)O)CCN1C(=O)c1ccc(NC(N)=O)cc1. The van der Waals surface area contributed by atoms with Crippen molar-refractivity contribution in [3.63, 3.8) is 0 Å². The molecule has 7 heteroatoms. The minimum Gasteiger partial charge on any atom is -0.481 e. The lowest BCUT2D eigenvalue weighted by molar-refractivity contribution is -0.142. The van der Waals surface area contributed by atoms with E-state index in [1.165, 1.54) is 0 Å². The van der Waals surface area contributed by atoms with Gasteiger partial charge in [-0.2, -0.15) is 0 Å². The molecule has 2 rings (SSSR count). The first-order valence-electron chi connectivity index (χ1n) is 6.60. The van der Waals surface area contributed by atoms with Gasteiger partial charge >= 0.3 is 12.0 Å². The number of nitrogens with zero attached hydrogens (tertiary/aromatic N) is 1. The van der Waals surface area contributed by atoms with Gasteiger partial charge < -0.3 is 21.1 Å². The number of carbonyl (C=O) groups excluding carboxylic acids is 2. The van der Waals surface area contributed by atoms with Crippen molar-refractivity contribution < 1.29 is 19.5 Å². The zero-order chi connectivity index (χ0) is 15.6. The van der Waals surface area contributed by atoms with Crippen molar-refractivity contribution in [2.24, 2.45) is 11.7 Å². The average Bonchev–Trinajstić information content (AvgIpc) is 2.80. The van der Waals surface area contributed by atoms with E-state index in [1.54, 1.807) is 36.1 Å². The molecule has 0 bridgehead atoms. The molecule has 3 amide bonds. The maximum Gasteiger partial charge on any atom is 0.316 e. The van der Waals surface area contributed by atoms with E-state index in [0.717, 1.165) is 0 Å². The summed E-state index contributed by atoms with van der Waals surface area (Å²) in [5.41, 5.74) is 5.95. The number of likely N-dealkylation sites (tertiary alicyclic amines) is 1. The van der Waals surface area contributed by atoms with Gasteiger partial charge in [0.1, 0.15) is 0 Å². The first-order chi connectivity index (χ1) is 9.90. The molecule has 0 radical (unpaired) electrons. The Labute approximate surface area is 121 Å². The Balaban J connectivity index is 2.10. The number of nitrogens with one attached hydrogen (secondary N) is 1. The summed E-state index contributed by atoms with van der Waals surface area (Å²) in [4.78, 5) is 35.7. The first kappa shape index (κ1) is 14.8. The van der Waals surface area contributed by atoms with Crippen molar-refractivity contribution in [1.82, 2.24) is 4.90 Å². The maximum atomic E-state index is 12.4. The molecule has 2 atom stereocenters. The van der Waals surface area contributed by atoms with Crippen LogP contribution in [0.4, 0.5) is 10.5 Å². The van der Waals surface area contributed by atoms with Crippen LogP contribution in [0.3, 0.4) is 0 Å². The van der Waals surface area contributed by atoms with Crippen LogP contribution in [0.5, 0.6) is 0 Å². The molecule has 1 aliphatic rings. The van der Waals surface area contributed by atoms with Gasteiger partial charge in [0.25, 0.3) is 5.91 Å². The Morgan fingerprint density at radius 3 is 2.38 bits per heavy atom. The van der Waals surface area contributed by atoms with Crippen molar-refractivity contribution in [2.75, 3.05) is 11.9 Å². The monoisotopic (exact) mass is 291 g/mol. The molecule has 1 aliphatic heterocycles. The van der Waals surface area contributed by atoms with Gasteiger partial charge in [0.15, 0.2) is 0 Å². The normalized spacial score (nSPS) is 21.1. The lowest BCUT2D eigenvalue weighted by Crippen LogP contribution is -2.37. The van der Waals surface area contributed by atoms with Gasteiger partial charge in [-0.3, -0.25) is 9.59 Å². The highest BCUT2D eigenvalue weighted by atomic mass is 16.4.